The van der Waals surface area contributed by atoms with E-state index in [1.807, 2.05) is 61.5 Å². The number of aryl methyl sites for hydroxylation is 1. The van der Waals surface area contributed by atoms with Gasteiger partial charge in [-0.2, -0.15) is 0 Å². The number of pyridine rings is 1. The number of nitrogens with zero attached hydrogens (tertiary/aromatic N) is 1. The molecule has 0 bridgehead atoms. The van der Waals surface area contributed by atoms with E-state index in [0.717, 1.165) is 23.4 Å². The van der Waals surface area contributed by atoms with Crippen molar-refractivity contribution in [3.8, 4) is 22.8 Å². The molecule has 156 valence electrons. The van der Waals surface area contributed by atoms with E-state index < -0.39 is 0 Å². The van der Waals surface area contributed by atoms with Crippen molar-refractivity contribution in [2.75, 3.05) is 6.61 Å². The van der Waals surface area contributed by atoms with Gasteiger partial charge in [0.15, 0.2) is 0 Å². The monoisotopic (exact) mass is 403 g/mol. The summed E-state index contributed by atoms with van der Waals surface area (Å²) in [6, 6.07) is 19.1. The van der Waals surface area contributed by atoms with Crippen LogP contribution in [0.2, 0.25) is 0 Å². The standard InChI is InChI=1S/C26H29NO3/c1-3-5-6-7-8-20-9-11-22(12-10-20)26(28)30-24-17-18-25(27-19-24)21-13-15-23(16-14-21)29-4-2/h9-19H,3-8H2,1-2H3. The highest BCUT2D eigenvalue weighted by Gasteiger charge is 2.09. The normalized spacial score (nSPS) is 10.6. The second-order valence-corrected chi connectivity index (χ2v) is 7.23. The molecule has 0 spiro atoms. The Morgan fingerprint density at radius 3 is 2.20 bits per heavy atom. The summed E-state index contributed by atoms with van der Waals surface area (Å²) in [6.45, 7) is 4.81. The predicted molar refractivity (Wildman–Crippen MR) is 120 cm³/mol. The van der Waals surface area contributed by atoms with E-state index >= 15 is 0 Å². The van der Waals surface area contributed by atoms with Crippen LogP contribution in [-0.4, -0.2) is 17.6 Å². The van der Waals surface area contributed by atoms with Crippen LogP contribution in [0.3, 0.4) is 0 Å². The molecule has 0 amide bonds. The fourth-order valence-electron chi connectivity index (χ4n) is 3.23. The molecule has 1 aromatic heterocycles. The molecule has 0 radical (unpaired) electrons. The minimum absolute atomic E-state index is 0.372. The second-order valence-electron chi connectivity index (χ2n) is 7.23. The van der Waals surface area contributed by atoms with E-state index in [1.54, 1.807) is 12.3 Å². The van der Waals surface area contributed by atoms with Crippen LogP contribution in [0.5, 0.6) is 11.5 Å². The number of carbonyl (C=O) groups is 1. The average Bonchev–Trinajstić information content (AvgIpc) is 2.78. The van der Waals surface area contributed by atoms with E-state index in [-0.39, 0.29) is 5.97 Å². The molecule has 3 rings (SSSR count). The fourth-order valence-corrected chi connectivity index (χ4v) is 3.23. The van der Waals surface area contributed by atoms with Gasteiger partial charge in [-0.1, -0.05) is 38.3 Å². The molecule has 1 heterocycles. The van der Waals surface area contributed by atoms with Crippen LogP contribution in [0.1, 0.15) is 55.5 Å². The molecule has 30 heavy (non-hydrogen) atoms. The molecule has 2 aromatic carbocycles. The highest BCUT2D eigenvalue weighted by molar-refractivity contribution is 5.91. The Kier molecular flexibility index (Phi) is 8.02. The number of carbonyl (C=O) groups excluding carboxylic acids is 1. The third-order valence-electron chi connectivity index (χ3n) is 4.92. The quantitative estimate of drug-likeness (QED) is 0.287. The van der Waals surface area contributed by atoms with Gasteiger partial charge in [0, 0.05) is 5.56 Å². The van der Waals surface area contributed by atoms with Crippen molar-refractivity contribution in [1.82, 2.24) is 4.98 Å². The van der Waals surface area contributed by atoms with Gasteiger partial charge >= 0.3 is 5.97 Å². The van der Waals surface area contributed by atoms with Gasteiger partial charge in [-0.25, -0.2) is 4.79 Å². The van der Waals surface area contributed by atoms with Gasteiger partial charge in [0.2, 0.25) is 0 Å². The lowest BCUT2D eigenvalue weighted by Crippen LogP contribution is -2.08. The van der Waals surface area contributed by atoms with Gasteiger partial charge < -0.3 is 9.47 Å². The van der Waals surface area contributed by atoms with Crippen molar-refractivity contribution in [3.05, 3.63) is 78.0 Å². The smallest absolute Gasteiger partial charge is 0.343 e. The number of esters is 1. The first-order valence-corrected chi connectivity index (χ1v) is 10.7. The molecule has 0 fully saturated rings. The molecule has 0 atom stereocenters. The molecule has 0 N–H and O–H groups in total. The number of unbranched alkanes of at least 4 members (excludes halogenated alkanes) is 3. The molecule has 4 heteroatoms. The van der Waals surface area contributed by atoms with Gasteiger partial charge in [-0.15, -0.1) is 0 Å². The van der Waals surface area contributed by atoms with Crippen LogP contribution in [0.15, 0.2) is 66.9 Å². The molecule has 0 aliphatic rings. The Labute approximate surface area is 178 Å². The third-order valence-corrected chi connectivity index (χ3v) is 4.92. The minimum atomic E-state index is -0.372. The van der Waals surface area contributed by atoms with Gasteiger partial charge in [0.05, 0.1) is 24.1 Å². The number of aromatic nitrogens is 1. The molecule has 0 saturated heterocycles. The van der Waals surface area contributed by atoms with Crippen LogP contribution in [-0.2, 0) is 6.42 Å². The zero-order valence-corrected chi connectivity index (χ0v) is 17.8. The number of hydrogen-bond donors (Lipinski definition) is 0. The van der Waals surface area contributed by atoms with Crippen molar-refractivity contribution in [3.63, 3.8) is 0 Å². The fraction of sp³-hybridized carbons (Fsp3) is 0.308. The topological polar surface area (TPSA) is 48.4 Å². The lowest BCUT2D eigenvalue weighted by Gasteiger charge is -2.07. The lowest BCUT2D eigenvalue weighted by atomic mass is 10.0. The molecular weight excluding hydrogens is 374 g/mol. The first kappa shape index (κ1) is 21.6. The third kappa shape index (κ3) is 6.18. The first-order valence-electron chi connectivity index (χ1n) is 10.7. The molecule has 4 nitrogen and oxygen atoms in total. The summed E-state index contributed by atoms with van der Waals surface area (Å²) in [7, 11) is 0. The summed E-state index contributed by atoms with van der Waals surface area (Å²) in [5.41, 5.74) is 3.59. The largest absolute Gasteiger partial charge is 0.494 e. The SMILES string of the molecule is CCCCCCc1ccc(C(=O)Oc2ccc(-c3ccc(OCC)cc3)nc2)cc1. The maximum atomic E-state index is 12.4. The molecule has 3 aromatic rings. The first-order chi connectivity index (χ1) is 14.7. The number of hydrogen-bond acceptors (Lipinski definition) is 4. The van der Waals surface area contributed by atoms with E-state index in [4.69, 9.17) is 9.47 Å². The van der Waals surface area contributed by atoms with Crippen LogP contribution in [0.25, 0.3) is 11.3 Å². The minimum Gasteiger partial charge on any atom is -0.494 e. The van der Waals surface area contributed by atoms with E-state index in [2.05, 4.69) is 11.9 Å². The van der Waals surface area contributed by atoms with Gasteiger partial charge in [-0.05, 0) is 73.9 Å². The van der Waals surface area contributed by atoms with Crippen LogP contribution in [0.4, 0.5) is 0 Å². The maximum Gasteiger partial charge on any atom is 0.343 e. The molecule has 0 unspecified atom stereocenters. The summed E-state index contributed by atoms with van der Waals surface area (Å²) < 4.78 is 10.9. The molecule has 0 aliphatic carbocycles. The van der Waals surface area contributed by atoms with Crippen molar-refractivity contribution in [1.29, 1.82) is 0 Å². The molecule has 0 saturated carbocycles. The van der Waals surface area contributed by atoms with Gasteiger partial charge in [0.25, 0.3) is 0 Å². The van der Waals surface area contributed by atoms with Gasteiger partial charge in [-0.3, -0.25) is 4.98 Å². The Hall–Kier alpha value is -3.14. The van der Waals surface area contributed by atoms with Crippen molar-refractivity contribution >= 4 is 5.97 Å². The Morgan fingerprint density at radius 2 is 1.57 bits per heavy atom. The summed E-state index contributed by atoms with van der Waals surface area (Å²) in [5.74, 6) is 0.889. The van der Waals surface area contributed by atoms with Crippen molar-refractivity contribution in [2.24, 2.45) is 0 Å². The second kappa shape index (κ2) is 11.1. The highest BCUT2D eigenvalue weighted by atomic mass is 16.5. The van der Waals surface area contributed by atoms with E-state index in [1.165, 1.54) is 31.2 Å². The zero-order chi connectivity index (χ0) is 21.2. The Bertz CT molecular complexity index is 916. The summed E-state index contributed by atoms with van der Waals surface area (Å²) >= 11 is 0. The Balaban J connectivity index is 1.56. The average molecular weight is 404 g/mol. The van der Waals surface area contributed by atoms with Crippen LogP contribution in [0, 0.1) is 0 Å². The number of ether oxygens (including phenoxy) is 2. The van der Waals surface area contributed by atoms with Gasteiger partial charge in [0.1, 0.15) is 11.5 Å². The number of rotatable bonds is 10. The van der Waals surface area contributed by atoms with Crippen LogP contribution >= 0.6 is 0 Å². The number of benzene rings is 2. The van der Waals surface area contributed by atoms with Crippen molar-refractivity contribution in [2.45, 2.75) is 46.0 Å². The van der Waals surface area contributed by atoms with Crippen molar-refractivity contribution < 1.29 is 14.3 Å². The van der Waals surface area contributed by atoms with Crippen LogP contribution < -0.4 is 9.47 Å². The zero-order valence-electron chi connectivity index (χ0n) is 17.8. The summed E-state index contributed by atoms with van der Waals surface area (Å²) in [6.07, 6.45) is 7.57. The summed E-state index contributed by atoms with van der Waals surface area (Å²) in [5, 5.41) is 0. The summed E-state index contributed by atoms with van der Waals surface area (Å²) in [4.78, 5) is 16.8. The predicted octanol–water partition coefficient (Wildman–Crippen LogP) is 6.49. The van der Waals surface area contributed by atoms with E-state index in [9.17, 15) is 4.79 Å². The Morgan fingerprint density at radius 1 is 0.833 bits per heavy atom. The highest BCUT2D eigenvalue weighted by Crippen LogP contribution is 2.23. The molecular formula is C26H29NO3. The maximum absolute atomic E-state index is 12.4. The molecule has 0 aliphatic heterocycles. The lowest BCUT2D eigenvalue weighted by molar-refractivity contribution is 0.0734. The van der Waals surface area contributed by atoms with E-state index in [0.29, 0.717) is 17.9 Å².